The normalized spacial score (nSPS) is 12.0. The number of benzene rings is 2. The van der Waals surface area contributed by atoms with E-state index in [9.17, 15) is 9.59 Å². The molecule has 1 aliphatic carbocycles. The lowest BCUT2D eigenvalue weighted by Gasteiger charge is -2.20. The van der Waals surface area contributed by atoms with Gasteiger partial charge in [0, 0.05) is 13.0 Å². The predicted molar refractivity (Wildman–Crippen MR) is 114 cm³/mol. The summed E-state index contributed by atoms with van der Waals surface area (Å²) in [5.41, 5.74) is 4.65. The lowest BCUT2D eigenvalue weighted by Crippen LogP contribution is -2.32. The molecule has 3 aromatic rings. The maximum Gasteiger partial charge on any atom is 0.409 e. The number of hydrogen-bond donors (Lipinski definition) is 1. The van der Waals surface area contributed by atoms with Crippen molar-refractivity contribution in [3.8, 4) is 16.9 Å². The highest BCUT2D eigenvalue weighted by Gasteiger charge is 2.29. The molecule has 1 aliphatic rings. The molecular weight excluding hydrogens is 396 g/mol. The number of carboxylic acids is 1. The first-order valence-corrected chi connectivity index (χ1v) is 9.93. The van der Waals surface area contributed by atoms with E-state index in [4.69, 9.17) is 14.6 Å². The molecule has 7 nitrogen and oxygen atoms in total. The lowest BCUT2D eigenvalue weighted by atomic mass is 9.98. The van der Waals surface area contributed by atoms with Gasteiger partial charge >= 0.3 is 12.1 Å². The van der Waals surface area contributed by atoms with Crippen LogP contribution in [-0.4, -0.2) is 53.9 Å². The van der Waals surface area contributed by atoms with Crippen molar-refractivity contribution in [2.45, 2.75) is 5.92 Å². The molecule has 1 heterocycles. The fourth-order valence-corrected chi connectivity index (χ4v) is 3.69. The van der Waals surface area contributed by atoms with Crippen LogP contribution in [-0.2, 0) is 4.74 Å². The molecule has 0 radical (unpaired) electrons. The average molecular weight is 418 g/mol. The Hall–Kier alpha value is -3.87. The minimum absolute atomic E-state index is 0.0137. The molecular formula is C24H22N2O5. The van der Waals surface area contributed by atoms with Crippen molar-refractivity contribution < 1.29 is 24.2 Å². The SMILES string of the molecule is CN(CCOc1ccc(C(=O)O)nc1)C(=O)OCC1c2ccccc2-c2ccccc21. The first-order chi connectivity index (χ1) is 15.0. The number of pyridine rings is 1. The van der Waals surface area contributed by atoms with Crippen LogP contribution in [0.25, 0.3) is 11.1 Å². The van der Waals surface area contributed by atoms with Crippen molar-refractivity contribution in [2.75, 3.05) is 26.8 Å². The second kappa shape index (κ2) is 8.87. The van der Waals surface area contributed by atoms with E-state index in [0.29, 0.717) is 12.3 Å². The number of ether oxygens (including phenoxy) is 2. The molecule has 4 rings (SSSR count). The van der Waals surface area contributed by atoms with Gasteiger partial charge in [0.25, 0.3) is 0 Å². The zero-order valence-electron chi connectivity index (χ0n) is 17.0. The second-order valence-electron chi connectivity index (χ2n) is 7.26. The summed E-state index contributed by atoms with van der Waals surface area (Å²) in [6.45, 7) is 0.810. The third kappa shape index (κ3) is 4.35. The smallest absolute Gasteiger partial charge is 0.409 e. The van der Waals surface area contributed by atoms with E-state index in [2.05, 4.69) is 29.2 Å². The van der Waals surface area contributed by atoms with Crippen LogP contribution < -0.4 is 4.74 Å². The number of rotatable bonds is 7. The van der Waals surface area contributed by atoms with Crippen LogP contribution >= 0.6 is 0 Å². The molecule has 158 valence electrons. The number of amides is 1. The maximum atomic E-state index is 12.5. The highest BCUT2D eigenvalue weighted by atomic mass is 16.6. The Morgan fingerprint density at radius 3 is 2.23 bits per heavy atom. The summed E-state index contributed by atoms with van der Waals surface area (Å²) in [7, 11) is 1.65. The number of aromatic nitrogens is 1. The van der Waals surface area contributed by atoms with E-state index in [1.54, 1.807) is 7.05 Å². The molecule has 7 heteroatoms. The molecule has 0 bridgehead atoms. The van der Waals surface area contributed by atoms with Gasteiger partial charge in [-0.3, -0.25) is 0 Å². The molecule has 0 fully saturated rings. The predicted octanol–water partition coefficient (Wildman–Crippen LogP) is 4.04. The first-order valence-electron chi connectivity index (χ1n) is 9.93. The van der Waals surface area contributed by atoms with E-state index < -0.39 is 12.1 Å². The van der Waals surface area contributed by atoms with E-state index in [1.165, 1.54) is 45.5 Å². The van der Waals surface area contributed by atoms with E-state index in [-0.39, 0.29) is 24.8 Å². The molecule has 0 unspecified atom stereocenters. The summed E-state index contributed by atoms with van der Waals surface area (Å²) >= 11 is 0. The molecule has 0 saturated carbocycles. The Morgan fingerprint density at radius 1 is 1.00 bits per heavy atom. The summed E-state index contributed by atoms with van der Waals surface area (Å²) < 4.78 is 11.1. The van der Waals surface area contributed by atoms with Gasteiger partial charge in [0.2, 0.25) is 0 Å². The Labute approximate surface area is 179 Å². The van der Waals surface area contributed by atoms with Crippen molar-refractivity contribution in [3.63, 3.8) is 0 Å². The molecule has 2 aromatic carbocycles. The van der Waals surface area contributed by atoms with Gasteiger partial charge < -0.3 is 19.5 Å². The highest BCUT2D eigenvalue weighted by Crippen LogP contribution is 2.44. The monoisotopic (exact) mass is 418 g/mol. The van der Waals surface area contributed by atoms with Gasteiger partial charge in [0.1, 0.15) is 24.7 Å². The number of carboxylic acid groups (broad SMARTS) is 1. The molecule has 1 N–H and O–H groups in total. The summed E-state index contributed by atoms with van der Waals surface area (Å²) in [5.74, 6) is -0.646. The van der Waals surface area contributed by atoms with E-state index in [1.807, 2.05) is 24.3 Å². The quantitative estimate of drug-likeness (QED) is 0.623. The van der Waals surface area contributed by atoms with Gasteiger partial charge in [-0.25, -0.2) is 14.6 Å². The largest absolute Gasteiger partial charge is 0.490 e. The number of aromatic carboxylic acids is 1. The molecule has 0 atom stereocenters. The van der Waals surface area contributed by atoms with Gasteiger partial charge in [-0.1, -0.05) is 48.5 Å². The van der Waals surface area contributed by atoms with Crippen LogP contribution in [0.1, 0.15) is 27.5 Å². The fraction of sp³-hybridized carbons (Fsp3) is 0.208. The topological polar surface area (TPSA) is 89.0 Å². The number of carbonyl (C=O) groups excluding carboxylic acids is 1. The Morgan fingerprint density at radius 2 is 1.65 bits per heavy atom. The van der Waals surface area contributed by atoms with Crippen LogP contribution in [0.5, 0.6) is 5.75 Å². The van der Waals surface area contributed by atoms with E-state index >= 15 is 0 Å². The zero-order valence-corrected chi connectivity index (χ0v) is 17.0. The van der Waals surface area contributed by atoms with Gasteiger partial charge in [-0.05, 0) is 34.4 Å². The summed E-state index contributed by atoms with van der Waals surface area (Å²) in [6, 6.07) is 19.3. The number of fused-ring (bicyclic) bond motifs is 3. The van der Waals surface area contributed by atoms with Gasteiger partial charge in [-0.15, -0.1) is 0 Å². The maximum absolute atomic E-state index is 12.5. The molecule has 1 amide bonds. The van der Waals surface area contributed by atoms with Crippen molar-refractivity contribution in [1.82, 2.24) is 9.88 Å². The highest BCUT2D eigenvalue weighted by molar-refractivity contribution is 5.85. The molecule has 0 aliphatic heterocycles. The van der Waals surface area contributed by atoms with Crippen LogP contribution in [0.4, 0.5) is 4.79 Å². The van der Waals surface area contributed by atoms with Gasteiger partial charge in [0.15, 0.2) is 0 Å². The van der Waals surface area contributed by atoms with Gasteiger partial charge in [0.05, 0.1) is 12.7 Å². The number of carbonyl (C=O) groups is 2. The zero-order chi connectivity index (χ0) is 21.8. The van der Waals surface area contributed by atoms with Gasteiger partial charge in [-0.2, -0.15) is 0 Å². The molecule has 0 saturated heterocycles. The summed E-state index contributed by atoms with van der Waals surface area (Å²) in [4.78, 5) is 28.5. The summed E-state index contributed by atoms with van der Waals surface area (Å²) in [6.07, 6.45) is 0.918. The van der Waals surface area contributed by atoms with Crippen LogP contribution in [0.15, 0.2) is 66.9 Å². The number of hydrogen-bond acceptors (Lipinski definition) is 5. The number of nitrogens with zero attached hydrogens (tertiary/aromatic N) is 2. The minimum atomic E-state index is -1.10. The van der Waals surface area contributed by atoms with Crippen molar-refractivity contribution in [3.05, 3.63) is 83.7 Å². The molecule has 0 spiro atoms. The summed E-state index contributed by atoms with van der Waals surface area (Å²) in [5, 5.41) is 8.86. The number of likely N-dealkylation sites (N-methyl/N-ethyl adjacent to an activating group) is 1. The van der Waals surface area contributed by atoms with Crippen molar-refractivity contribution in [1.29, 1.82) is 0 Å². The Kier molecular flexibility index (Phi) is 5.84. The Bertz CT molecular complexity index is 1050. The lowest BCUT2D eigenvalue weighted by molar-refractivity contribution is 0.0690. The van der Waals surface area contributed by atoms with Crippen LogP contribution in [0.2, 0.25) is 0 Å². The Balaban J connectivity index is 1.30. The fourth-order valence-electron chi connectivity index (χ4n) is 3.69. The van der Waals surface area contributed by atoms with Crippen LogP contribution in [0, 0.1) is 0 Å². The second-order valence-corrected chi connectivity index (χ2v) is 7.26. The molecule has 31 heavy (non-hydrogen) atoms. The average Bonchev–Trinajstić information content (AvgIpc) is 3.11. The third-order valence-electron chi connectivity index (χ3n) is 5.30. The van der Waals surface area contributed by atoms with Crippen LogP contribution in [0.3, 0.4) is 0 Å². The van der Waals surface area contributed by atoms with Crippen molar-refractivity contribution in [2.24, 2.45) is 0 Å². The minimum Gasteiger partial charge on any atom is -0.490 e. The van der Waals surface area contributed by atoms with Crippen molar-refractivity contribution >= 4 is 12.1 Å². The standard InChI is InChI=1S/C24H22N2O5/c1-26(12-13-30-16-10-11-22(23(27)28)25-14-16)24(29)31-15-21-19-8-4-2-6-17(19)18-7-3-5-9-20(18)21/h2-11,14,21H,12-13,15H2,1H3,(H,27,28). The molecule has 1 aromatic heterocycles. The van der Waals surface area contributed by atoms with E-state index in [0.717, 1.165) is 0 Å². The first kappa shape index (κ1) is 20.4. The third-order valence-corrected chi connectivity index (χ3v) is 5.30.